The highest BCUT2D eigenvalue weighted by molar-refractivity contribution is 6.22. The number of primary amides is 1. The van der Waals surface area contributed by atoms with Crippen molar-refractivity contribution in [3.05, 3.63) is 59.2 Å². The third-order valence-electron chi connectivity index (χ3n) is 3.20. The van der Waals surface area contributed by atoms with Crippen LogP contribution in [-0.2, 0) is 11.2 Å². The molecule has 0 radical (unpaired) electrons. The van der Waals surface area contributed by atoms with Crippen LogP contribution in [0.25, 0.3) is 11.1 Å². The number of carbonyl (C=O) groups excluding carboxylic acids is 2. The Hall–Kier alpha value is -2.42. The van der Waals surface area contributed by atoms with E-state index in [1.54, 1.807) is 12.1 Å². The average Bonchev–Trinajstić information content (AvgIpc) is 2.65. The van der Waals surface area contributed by atoms with Gasteiger partial charge in [-0.15, -0.1) is 0 Å². The largest absolute Gasteiger partial charge is 0.369 e. The Bertz CT molecular complexity index is 674. The lowest BCUT2D eigenvalue weighted by molar-refractivity contribution is -0.117. The van der Waals surface area contributed by atoms with Gasteiger partial charge >= 0.3 is 0 Å². The molecule has 0 aliphatic heterocycles. The lowest BCUT2D eigenvalue weighted by atomic mass is 9.97. The fourth-order valence-corrected chi connectivity index (χ4v) is 2.49. The standard InChI is InChI=1S/C15H11NO2/c16-13(17)8-9-4-3-7-12-14(9)10-5-1-2-6-11(10)15(12)18/h1-7H,8H2,(H2,16,17). The molecule has 3 heteroatoms. The lowest BCUT2D eigenvalue weighted by Crippen LogP contribution is -2.14. The maximum atomic E-state index is 12.2. The number of carbonyl (C=O) groups is 2. The summed E-state index contributed by atoms with van der Waals surface area (Å²) in [6.45, 7) is 0. The van der Waals surface area contributed by atoms with Crippen LogP contribution in [0.4, 0.5) is 0 Å². The third-order valence-corrected chi connectivity index (χ3v) is 3.20. The number of hydrogen-bond donors (Lipinski definition) is 1. The first kappa shape index (κ1) is 10.7. The van der Waals surface area contributed by atoms with Crippen molar-refractivity contribution in [3.63, 3.8) is 0 Å². The van der Waals surface area contributed by atoms with E-state index < -0.39 is 0 Å². The van der Waals surface area contributed by atoms with Gasteiger partial charge in [-0.25, -0.2) is 0 Å². The topological polar surface area (TPSA) is 60.2 Å². The molecule has 0 fully saturated rings. The first-order chi connectivity index (χ1) is 8.68. The molecule has 0 unspecified atom stereocenters. The van der Waals surface area contributed by atoms with E-state index in [2.05, 4.69) is 0 Å². The molecule has 0 aromatic heterocycles. The molecule has 0 heterocycles. The summed E-state index contributed by atoms with van der Waals surface area (Å²) in [6.07, 6.45) is 0.158. The Morgan fingerprint density at radius 3 is 2.33 bits per heavy atom. The van der Waals surface area contributed by atoms with Crippen LogP contribution in [0.2, 0.25) is 0 Å². The van der Waals surface area contributed by atoms with Crippen molar-refractivity contribution in [3.8, 4) is 11.1 Å². The van der Waals surface area contributed by atoms with Crippen molar-refractivity contribution < 1.29 is 9.59 Å². The molecule has 1 aliphatic rings. The zero-order valence-electron chi connectivity index (χ0n) is 9.64. The molecule has 18 heavy (non-hydrogen) atoms. The van der Waals surface area contributed by atoms with E-state index in [-0.39, 0.29) is 18.1 Å². The molecule has 0 saturated heterocycles. The minimum Gasteiger partial charge on any atom is -0.369 e. The van der Waals surface area contributed by atoms with Gasteiger partial charge in [0, 0.05) is 11.1 Å². The summed E-state index contributed by atoms with van der Waals surface area (Å²) in [5.41, 5.74) is 9.18. The van der Waals surface area contributed by atoms with Crippen LogP contribution in [0.3, 0.4) is 0 Å². The summed E-state index contributed by atoms with van der Waals surface area (Å²) in [7, 11) is 0. The Morgan fingerprint density at radius 2 is 1.61 bits per heavy atom. The van der Waals surface area contributed by atoms with Crippen LogP contribution in [0.5, 0.6) is 0 Å². The van der Waals surface area contributed by atoms with Crippen LogP contribution < -0.4 is 5.73 Å². The number of fused-ring (bicyclic) bond motifs is 3. The van der Waals surface area contributed by atoms with E-state index in [9.17, 15) is 9.59 Å². The zero-order valence-corrected chi connectivity index (χ0v) is 9.64. The van der Waals surface area contributed by atoms with Gasteiger partial charge in [0.05, 0.1) is 6.42 Å². The average molecular weight is 237 g/mol. The predicted molar refractivity (Wildman–Crippen MR) is 68.2 cm³/mol. The molecule has 0 spiro atoms. The SMILES string of the molecule is NC(=O)Cc1cccc2c1-c1ccccc1C2=O. The molecule has 2 aromatic carbocycles. The van der Waals surface area contributed by atoms with Crippen molar-refractivity contribution in [1.82, 2.24) is 0 Å². The Balaban J connectivity index is 2.28. The maximum absolute atomic E-state index is 12.2. The van der Waals surface area contributed by atoms with Gasteiger partial charge in [-0.05, 0) is 16.7 Å². The number of ketones is 1. The molecule has 1 amide bonds. The molecular formula is C15H11NO2. The molecule has 1 aliphatic carbocycles. The number of hydrogen-bond acceptors (Lipinski definition) is 2. The van der Waals surface area contributed by atoms with E-state index in [0.29, 0.717) is 11.1 Å². The molecule has 3 nitrogen and oxygen atoms in total. The second-order valence-electron chi connectivity index (χ2n) is 4.36. The summed E-state index contributed by atoms with van der Waals surface area (Å²) in [5, 5.41) is 0. The van der Waals surface area contributed by atoms with Crippen LogP contribution in [0, 0.1) is 0 Å². The van der Waals surface area contributed by atoms with Crippen molar-refractivity contribution in [2.45, 2.75) is 6.42 Å². The second-order valence-corrected chi connectivity index (χ2v) is 4.36. The molecule has 2 aromatic rings. The van der Waals surface area contributed by atoms with Gasteiger partial charge in [0.2, 0.25) is 5.91 Å². The summed E-state index contributed by atoms with van der Waals surface area (Å²) >= 11 is 0. The first-order valence-corrected chi connectivity index (χ1v) is 5.73. The van der Waals surface area contributed by atoms with Gasteiger partial charge in [-0.3, -0.25) is 9.59 Å². The molecule has 0 saturated carbocycles. The number of amides is 1. The van der Waals surface area contributed by atoms with Gasteiger partial charge in [0.1, 0.15) is 0 Å². The highest BCUT2D eigenvalue weighted by Crippen LogP contribution is 2.38. The molecule has 0 bridgehead atoms. The summed E-state index contributed by atoms with van der Waals surface area (Å²) in [6, 6.07) is 12.9. The fraction of sp³-hybridized carbons (Fsp3) is 0.0667. The Kier molecular flexibility index (Phi) is 2.27. The van der Waals surface area contributed by atoms with Crippen molar-refractivity contribution in [2.75, 3.05) is 0 Å². The van der Waals surface area contributed by atoms with E-state index >= 15 is 0 Å². The molecule has 0 atom stereocenters. The van der Waals surface area contributed by atoms with E-state index in [1.165, 1.54) is 0 Å². The maximum Gasteiger partial charge on any atom is 0.221 e. The quantitative estimate of drug-likeness (QED) is 0.740. The number of nitrogens with two attached hydrogens (primary N) is 1. The van der Waals surface area contributed by atoms with Crippen LogP contribution in [-0.4, -0.2) is 11.7 Å². The van der Waals surface area contributed by atoms with Gasteiger partial charge in [-0.1, -0.05) is 42.5 Å². The number of benzene rings is 2. The third kappa shape index (κ3) is 1.44. The van der Waals surface area contributed by atoms with E-state index in [4.69, 9.17) is 5.73 Å². The monoisotopic (exact) mass is 237 g/mol. The van der Waals surface area contributed by atoms with Crippen molar-refractivity contribution in [2.24, 2.45) is 5.73 Å². The van der Waals surface area contributed by atoms with Crippen molar-refractivity contribution >= 4 is 11.7 Å². The summed E-state index contributed by atoms with van der Waals surface area (Å²) in [5.74, 6) is -0.368. The van der Waals surface area contributed by atoms with Gasteiger partial charge < -0.3 is 5.73 Å². The minimum atomic E-state index is -0.389. The van der Waals surface area contributed by atoms with Crippen LogP contribution >= 0.6 is 0 Å². The summed E-state index contributed by atoms with van der Waals surface area (Å²) in [4.78, 5) is 23.3. The normalized spacial score (nSPS) is 12.1. The highest BCUT2D eigenvalue weighted by atomic mass is 16.1. The number of rotatable bonds is 2. The smallest absolute Gasteiger partial charge is 0.221 e. The Labute approximate surface area is 104 Å². The zero-order chi connectivity index (χ0) is 12.7. The van der Waals surface area contributed by atoms with Crippen LogP contribution in [0.15, 0.2) is 42.5 Å². The minimum absolute atomic E-state index is 0.0203. The molecule has 2 N–H and O–H groups in total. The van der Waals surface area contributed by atoms with Gasteiger partial charge in [-0.2, -0.15) is 0 Å². The predicted octanol–water partition coefficient (Wildman–Crippen LogP) is 1.93. The lowest BCUT2D eigenvalue weighted by Gasteiger charge is -2.06. The molecule has 88 valence electrons. The van der Waals surface area contributed by atoms with Crippen LogP contribution in [0.1, 0.15) is 21.5 Å². The van der Waals surface area contributed by atoms with E-state index in [1.807, 2.05) is 30.3 Å². The molecular weight excluding hydrogens is 226 g/mol. The van der Waals surface area contributed by atoms with Gasteiger partial charge in [0.15, 0.2) is 5.78 Å². The highest BCUT2D eigenvalue weighted by Gasteiger charge is 2.28. The first-order valence-electron chi connectivity index (χ1n) is 5.73. The molecule has 3 rings (SSSR count). The second kappa shape index (κ2) is 3.81. The van der Waals surface area contributed by atoms with Crippen molar-refractivity contribution in [1.29, 1.82) is 0 Å². The van der Waals surface area contributed by atoms with Gasteiger partial charge in [0.25, 0.3) is 0 Å². The Morgan fingerprint density at radius 1 is 0.944 bits per heavy atom. The fourth-order valence-electron chi connectivity index (χ4n) is 2.49. The summed E-state index contributed by atoms with van der Waals surface area (Å²) < 4.78 is 0. The van der Waals surface area contributed by atoms with E-state index in [0.717, 1.165) is 16.7 Å².